The zero-order valence-electron chi connectivity index (χ0n) is 13.4. The summed E-state index contributed by atoms with van der Waals surface area (Å²) in [4.78, 5) is 12.3. The van der Waals surface area contributed by atoms with Crippen molar-refractivity contribution in [1.29, 1.82) is 0 Å². The molecule has 0 spiro atoms. The van der Waals surface area contributed by atoms with Gasteiger partial charge in [-0.1, -0.05) is 12.1 Å². The lowest BCUT2D eigenvalue weighted by molar-refractivity contribution is 0.102. The highest BCUT2D eigenvalue weighted by Crippen LogP contribution is 2.22. The SMILES string of the molecule is Cn1cc(-c2ccc(NC(=O)c3cc(-c4ccoc4)n[nH]3)cc2)cn1. The summed E-state index contributed by atoms with van der Waals surface area (Å²) < 4.78 is 6.77. The molecular weight excluding hydrogens is 318 g/mol. The molecule has 0 aliphatic carbocycles. The van der Waals surface area contributed by atoms with E-state index in [0.29, 0.717) is 17.1 Å². The first-order valence-electron chi connectivity index (χ1n) is 7.67. The van der Waals surface area contributed by atoms with Crippen LogP contribution in [0.25, 0.3) is 22.4 Å². The standard InChI is InChI=1S/C18H15N5O2/c1-23-10-14(9-19-23)12-2-4-15(5-3-12)20-18(24)17-8-16(21-22-17)13-6-7-25-11-13/h2-11H,1H3,(H,20,24)(H,21,22). The summed E-state index contributed by atoms with van der Waals surface area (Å²) in [6.07, 6.45) is 6.88. The molecule has 4 aromatic rings. The molecule has 1 aromatic carbocycles. The van der Waals surface area contributed by atoms with Crippen molar-refractivity contribution in [2.45, 2.75) is 0 Å². The van der Waals surface area contributed by atoms with E-state index in [4.69, 9.17) is 4.42 Å². The van der Waals surface area contributed by atoms with Crippen molar-refractivity contribution in [1.82, 2.24) is 20.0 Å². The van der Waals surface area contributed by atoms with Gasteiger partial charge in [-0.05, 0) is 29.8 Å². The van der Waals surface area contributed by atoms with Gasteiger partial charge < -0.3 is 9.73 Å². The molecule has 0 unspecified atom stereocenters. The number of aromatic nitrogens is 4. The average molecular weight is 333 g/mol. The number of benzene rings is 1. The van der Waals surface area contributed by atoms with Crippen LogP contribution in [0.4, 0.5) is 5.69 Å². The molecule has 0 aliphatic rings. The fourth-order valence-corrected chi connectivity index (χ4v) is 2.51. The highest BCUT2D eigenvalue weighted by molar-refractivity contribution is 6.03. The lowest BCUT2D eigenvalue weighted by Gasteiger charge is -2.04. The van der Waals surface area contributed by atoms with Crippen molar-refractivity contribution in [3.05, 3.63) is 67.0 Å². The number of amides is 1. The lowest BCUT2D eigenvalue weighted by atomic mass is 10.1. The summed E-state index contributed by atoms with van der Waals surface area (Å²) in [7, 11) is 1.88. The Labute approximate surface area is 143 Å². The Morgan fingerprint density at radius 3 is 2.68 bits per heavy atom. The summed E-state index contributed by atoms with van der Waals surface area (Å²) in [5, 5.41) is 13.9. The van der Waals surface area contributed by atoms with Crippen LogP contribution in [0.1, 0.15) is 10.5 Å². The van der Waals surface area contributed by atoms with Gasteiger partial charge in [-0.15, -0.1) is 0 Å². The largest absolute Gasteiger partial charge is 0.472 e. The first-order chi connectivity index (χ1) is 12.2. The second-order valence-electron chi connectivity index (χ2n) is 5.61. The first-order valence-corrected chi connectivity index (χ1v) is 7.67. The van der Waals surface area contributed by atoms with Gasteiger partial charge in [0.1, 0.15) is 5.69 Å². The molecule has 3 aromatic heterocycles. The van der Waals surface area contributed by atoms with Crippen LogP contribution in [0.3, 0.4) is 0 Å². The van der Waals surface area contributed by atoms with Gasteiger partial charge in [0.05, 0.1) is 24.4 Å². The van der Waals surface area contributed by atoms with Crippen LogP contribution in [0.2, 0.25) is 0 Å². The topological polar surface area (TPSA) is 88.7 Å². The van der Waals surface area contributed by atoms with Crippen molar-refractivity contribution in [2.75, 3.05) is 5.32 Å². The quantitative estimate of drug-likeness (QED) is 0.599. The summed E-state index contributed by atoms with van der Waals surface area (Å²) in [5.74, 6) is -0.253. The molecule has 7 nitrogen and oxygen atoms in total. The molecule has 0 saturated carbocycles. The number of rotatable bonds is 4. The molecule has 0 atom stereocenters. The number of nitrogens with one attached hydrogen (secondary N) is 2. The van der Waals surface area contributed by atoms with Crippen molar-refractivity contribution in [3.8, 4) is 22.4 Å². The number of anilines is 1. The molecular formula is C18H15N5O2. The van der Waals surface area contributed by atoms with Crippen LogP contribution in [-0.4, -0.2) is 25.9 Å². The molecule has 25 heavy (non-hydrogen) atoms. The minimum Gasteiger partial charge on any atom is -0.472 e. The minimum absolute atomic E-state index is 0.253. The van der Waals surface area contributed by atoms with Crippen molar-refractivity contribution >= 4 is 11.6 Å². The third-order valence-electron chi connectivity index (χ3n) is 3.82. The van der Waals surface area contributed by atoms with Crippen LogP contribution < -0.4 is 5.32 Å². The summed E-state index contributed by atoms with van der Waals surface area (Å²) in [6, 6.07) is 11.1. The van der Waals surface area contributed by atoms with Crippen molar-refractivity contribution in [2.24, 2.45) is 7.05 Å². The van der Waals surface area contributed by atoms with Gasteiger partial charge in [0, 0.05) is 30.1 Å². The molecule has 3 heterocycles. The fourth-order valence-electron chi connectivity index (χ4n) is 2.51. The monoisotopic (exact) mass is 333 g/mol. The zero-order valence-corrected chi connectivity index (χ0v) is 13.4. The number of H-pyrrole nitrogens is 1. The predicted molar refractivity (Wildman–Crippen MR) is 92.9 cm³/mol. The molecule has 2 N–H and O–H groups in total. The maximum atomic E-state index is 12.3. The summed E-state index contributed by atoms with van der Waals surface area (Å²) in [6.45, 7) is 0. The number of furan rings is 1. The minimum atomic E-state index is -0.253. The lowest BCUT2D eigenvalue weighted by Crippen LogP contribution is -2.12. The Morgan fingerprint density at radius 2 is 2.00 bits per heavy atom. The van der Waals surface area contributed by atoms with Gasteiger partial charge in [-0.3, -0.25) is 14.6 Å². The number of carbonyl (C=O) groups excluding carboxylic acids is 1. The Morgan fingerprint density at radius 1 is 1.16 bits per heavy atom. The summed E-state index contributed by atoms with van der Waals surface area (Å²) >= 11 is 0. The Bertz CT molecular complexity index is 996. The number of aryl methyl sites for hydroxylation is 1. The van der Waals surface area contributed by atoms with Crippen LogP contribution in [0.15, 0.2) is 65.7 Å². The van der Waals surface area contributed by atoms with E-state index in [1.807, 2.05) is 37.5 Å². The molecule has 0 saturated heterocycles. The van der Waals surface area contributed by atoms with E-state index < -0.39 is 0 Å². The van der Waals surface area contributed by atoms with Gasteiger partial charge in [0.2, 0.25) is 0 Å². The average Bonchev–Trinajstić information content (AvgIpc) is 3.36. The Kier molecular flexibility index (Phi) is 3.66. The van der Waals surface area contributed by atoms with Crippen LogP contribution in [-0.2, 0) is 7.05 Å². The molecule has 0 radical (unpaired) electrons. The van der Waals surface area contributed by atoms with E-state index in [2.05, 4.69) is 20.6 Å². The van der Waals surface area contributed by atoms with E-state index in [9.17, 15) is 4.79 Å². The van der Waals surface area contributed by atoms with Crippen molar-refractivity contribution in [3.63, 3.8) is 0 Å². The van der Waals surface area contributed by atoms with E-state index in [0.717, 1.165) is 16.7 Å². The molecule has 4 rings (SSSR count). The Hall–Kier alpha value is -3.61. The Balaban J connectivity index is 1.47. The van der Waals surface area contributed by atoms with E-state index >= 15 is 0 Å². The van der Waals surface area contributed by atoms with Gasteiger partial charge >= 0.3 is 0 Å². The highest BCUT2D eigenvalue weighted by atomic mass is 16.3. The van der Waals surface area contributed by atoms with Crippen LogP contribution in [0.5, 0.6) is 0 Å². The van der Waals surface area contributed by atoms with Gasteiger partial charge in [0.15, 0.2) is 0 Å². The van der Waals surface area contributed by atoms with E-state index in [1.165, 1.54) is 0 Å². The van der Waals surface area contributed by atoms with Crippen LogP contribution in [0, 0.1) is 0 Å². The van der Waals surface area contributed by atoms with Gasteiger partial charge in [-0.25, -0.2) is 0 Å². The van der Waals surface area contributed by atoms with Gasteiger partial charge in [0.25, 0.3) is 5.91 Å². The number of carbonyl (C=O) groups is 1. The van der Waals surface area contributed by atoms with Crippen LogP contribution >= 0.6 is 0 Å². The molecule has 1 amide bonds. The second-order valence-corrected chi connectivity index (χ2v) is 5.61. The van der Waals surface area contributed by atoms with E-state index in [1.54, 1.807) is 35.5 Å². The molecule has 0 aliphatic heterocycles. The zero-order chi connectivity index (χ0) is 17.2. The third-order valence-corrected chi connectivity index (χ3v) is 3.82. The molecule has 0 bridgehead atoms. The third kappa shape index (κ3) is 3.07. The molecule has 7 heteroatoms. The normalized spacial score (nSPS) is 10.8. The van der Waals surface area contributed by atoms with Gasteiger partial charge in [-0.2, -0.15) is 10.2 Å². The van der Waals surface area contributed by atoms with Crippen molar-refractivity contribution < 1.29 is 9.21 Å². The molecule has 124 valence electrons. The maximum Gasteiger partial charge on any atom is 0.273 e. The maximum absolute atomic E-state index is 12.3. The highest BCUT2D eigenvalue weighted by Gasteiger charge is 2.12. The summed E-state index contributed by atoms with van der Waals surface area (Å²) in [5.41, 5.74) is 4.63. The predicted octanol–water partition coefficient (Wildman–Crippen LogP) is 3.32. The first kappa shape index (κ1) is 14.9. The van der Waals surface area contributed by atoms with E-state index in [-0.39, 0.29) is 5.91 Å². The number of hydrogen-bond donors (Lipinski definition) is 2. The smallest absolute Gasteiger partial charge is 0.273 e. The second kappa shape index (κ2) is 6.12. The molecule has 0 fully saturated rings. The number of aromatic amines is 1. The fraction of sp³-hybridized carbons (Fsp3) is 0.0556. The number of hydrogen-bond acceptors (Lipinski definition) is 4. The number of nitrogens with zero attached hydrogens (tertiary/aromatic N) is 3.